The molecule has 4 nitrogen and oxygen atoms in total. The maximum Gasteiger partial charge on any atom is 0.252 e. The van der Waals surface area contributed by atoms with Crippen LogP contribution in [0.15, 0.2) is 291 Å². The van der Waals surface area contributed by atoms with Crippen LogP contribution >= 0.6 is 0 Å². The smallest absolute Gasteiger partial charge is 0.252 e. The maximum absolute atomic E-state index is 2.78. The van der Waals surface area contributed by atoms with Gasteiger partial charge in [0.2, 0.25) is 0 Å². The van der Waals surface area contributed by atoms with E-state index in [-0.39, 0.29) is 17.5 Å². The summed E-state index contributed by atoms with van der Waals surface area (Å²) in [7, 11) is 0. The monoisotopic (exact) mass is 1350 g/mol. The topological polar surface area (TPSA) is 16.3 Å². The Morgan fingerprint density at radius 3 is 0.962 bits per heavy atom. The van der Waals surface area contributed by atoms with Crippen molar-refractivity contribution in [2.75, 3.05) is 9.80 Å². The zero-order valence-electron chi connectivity index (χ0n) is 62.1. The lowest BCUT2D eigenvalue weighted by Gasteiger charge is -2.46. The summed E-state index contributed by atoms with van der Waals surface area (Å²) in [6.07, 6.45) is 6.92. The van der Waals surface area contributed by atoms with Gasteiger partial charge in [-0.15, -0.1) is 0 Å². The fourth-order valence-corrected chi connectivity index (χ4v) is 17.7. The first-order valence-electron chi connectivity index (χ1n) is 38.1. The molecule has 0 fully saturated rings. The largest absolute Gasteiger partial charge is 0.310 e. The Hall–Kier alpha value is -10.9. The van der Waals surface area contributed by atoms with E-state index >= 15 is 0 Å². The average Bonchev–Trinajstić information content (AvgIpc) is 0.806. The number of hydrogen-bond donors (Lipinski definition) is 0. The molecule has 4 heterocycles. The van der Waals surface area contributed by atoms with E-state index in [0.717, 1.165) is 30.6 Å². The predicted octanol–water partition coefficient (Wildman–Crippen LogP) is 25.6. The van der Waals surface area contributed by atoms with Crippen molar-refractivity contribution in [2.24, 2.45) is 17.8 Å². The number of benzene rings is 13. The standard InChI is InChI=1S/C99H93BN4/c1-65(2)55-67(56-66(3)4)33-23-24-34-68-57-93-95-94(58-68)104(97-83(71-39-19-13-20-40-71)61-74(99(8,9)10)62-84(97)72-41-21-14-22-42-72)92-64-76(102-89-49-31-27-45-79(89)80-46-28-32-50-90(80)102)52-54-86(92)100(95)85-53-51-75(101-87-47-29-25-43-77(87)78-44-26-30-48-88(78)101)63-91(85)103(93)96-81(69-35-15-11-16-36-69)59-73(98(5,6)7)60-82(96)70-37-17-12-18-38-70/h11-22,25-32,35-54,57-67H,23-24,33-34,55-56H2,1-10H3. The summed E-state index contributed by atoms with van der Waals surface area (Å²) in [6.45, 7) is 23.7. The third kappa shape index (κ3) is 11.8. The Balaban J connectivity index is 1.04. The van der Waals surface area contributed by atoms with Gasteiger partial charge in [0.1, 0.15) is 0 Å². The minimum Gasteiger partial charge on any atom is -0.310 e. The van der Waals surface area contributed by atoms with Gasteiger partial charge in [0.15, 0.2) is 0 Å². The van der Waals surface area contributed by atoms with Crippen LogP contribution in [0.2, 0.25) is 0 Å². The number of unbranched alkanes of at least 4 members (excludes halogenated alkanes) is 1. The molecule has 104 heavy (non-hydrogen) atoms. The summed E-state index contributed by atoms with van der Waals surface area (Å²) in [4.78, 5) is 5.55. The van der Waals surface area contributed by atoms with Crippen LogP contribution in [0.3, 0.4) is 0 Å². The Bertz CT molecular complexity index is 5150. The van der Waals surface area contributed by atoms with Crippen LogP contribution in [0.4, 0.5) is 34.1 Å². The van der Waals surface area contributed by atoms with Crippen LogP contribution in [-0.4, -0.2) is 15.8 Å². The van der Waals surface area contributed by atoms with Crippen LogP contribution in [-0.2, 0) is 17.3 Å². The van der Waals surface area contributed by atoms with Crippen molar-refractivity contribution in [1.29, 1.82) is 0 Å². The van der Waals surface area contributed by atoms with Gasteiger partial charge in [0.25, 0.3) is 6.71 Å². The van der Waals surface area contributed by atoms with E-state index < -0.39 is 0 Å². The Kier molecular flexibility index (Phi) is 17.1. The van der Waals surface area contributed by atoms with Gasteiger partial charge in [-0.25, -0.2) is 0 Å². The number of nitrogens with zero attached hydrogens (tertiary/aromatic N) is 4. The second-order valence-corrected chi connectivity index (χ2v) is 32.6. The van der Waals surface area contributed by atoms with Gasteiger partial charge in [-0.2, -0.15) is 0 Å². The minimum atomic E-state index is -0.206. The molecule has 0 aliphatic carbocycles. The first-order chi connectivity index (χ1) is 50.5. The molecule has 2 aliphatic heterocycles. The van der Waals surface area contributed by atoms with Gasteiger partial charge >= 0.3 is 0 Å². The summed E-state index contributed by atoms with van der Waals surface area (Å²) >= 11 is 0. The molecule has 15 aromatic rings. The fraction of sp³-hybridized carbons (Fsp3) is 0.212. The highest BCUT2D eigenvalue weighted by Gasteiger charge is 2.46. The quantitative estimate of drug-likeness (QED) is 0.0667. The van der Waals surface area contributed by atoms with E-state index in [4.69, 9.17) is 0 Å². The molecule has 0 spiro atoms. The molecule has 17 rings (SSSR count). The molecule has 0 unspecified atom stereocenters. The number of aryl methyl sites for hydroxylation is 1. The van der Waals surface area contributed by atoms with Gasteiger partial charge in [-0.05, 0) is 195 Å². The molecular weight excluding hydrogens is 1260 g/mol. The first kappa shape index (κ1) is 66.4. The Morgan fingerprint density at radius 1 is 0.327 bits per heavy atom. The summed E-state index contributed by atoms with van der Waals surface area (Å²) in [5, 5.41) is 4.97. The van der Waals surface area contributed by atoms with Crippen molar-refractivity contribution in [1.82, 2.24) is 9.13 Å². The third-order valence-corrected chi connectivity index (χ3v) is 22.5. The zero-order chi connectivity index (χ0) is 71.1. The SMILES string of the molecule is CC(C)CC(CCCCc1cc2c3c(c1)N(c1c(-c4ccccc4)cc(C(C)(C)C)cc1-c1ccccc1)c1cc(-n4c5ccccc5c5ccccc54)ccc1B3c1ccc(-n3c4ccccc4c4ccccc43)cc1N2c1c(-c2ccccc2)cc(C(C)(C)C)cc1-c1ccccc1)CC(C)C. The molecule has 0 N–H and O–H groups in total. The lowest BCUT2D eigenvalue weighted by Crippen LogP contribution is -2.61. The van der Waals surface area contributed by atoms with Crippen molar-refractivity contribution >= 4 is 101 Å². The van der Waals surface area contributed by atoms with Gasteiger partial charge in [0.05, 0.1) is 33.4 Å². The van der Waals surface area contributed by atoms with Crippen LogP contribution in [0.5, 0.6) is 0 Å². The van der Waals surface area contributed by atoms with Gasteiger partial charge in [0, 0.05) is 77.9 Å². The normalized spacial score (nSPS) is 13.0. The molecule has 13 aromatic carbocycles. The van der Waals surface area contributed by atoms with Gasteiger partial charge < -0.3 is 18.9 Å². The molecule has 0 atom stereocenters. The maximum atomic E-state index is 2.78. The predicted molar refractivity (Wildman–Crippen MR) is 448 cm³/mol. The van der Waals surface area contributed by atoms with Crippen LogP contribution in [0, 0.1) is 17.8 Å². The second-order valence-electron chi connectivity index (χ2n) is 32.6. The molecule has 0 saturated heterocycles. The molecule has 5 heteroatoms. The van der Waals surface area contributed by atoms with Crippen LogP contribution in [0.25, 0.3) is 99.5 Å². The molecule has 2 aliphatic rings. The highest BCUT2D eigenvalue weighted by molar-refractivity contribution is 7.00. The Morgan fingerprint density at radius 2 is 0.644 bits per heavy atom. The first-order valence-corrected chi connectivity index (χ1v) is 38.1. The Labute approximate surface area is 616 Å². The number of rotatable bonds is 17. The minimum absolute atomic E-state index is 0.180. The van der Waals surface area contributed by atoms with E-state index in [1.165, 1.54) is 175 Å². The second kappa shape index (κ2) is 26.7. The number of anilines is 6. The number of hydrogen-bond acceptors (Lipinski definition) is 2. The fourth-order valence-electron chi connectivity index (χ4n) is 17.7. The number of para-hydroxylation sites is 4. The summed E-state index contributed by atoms with van der Waals surface area (Å²) in [6, 6.07) is 112. The van der Waals surface area contributed by atoms with E-state index in [1.807, 2.05) is 0 Å². The molecule has 512 valence electrons. The van der Waals surface area contributed by atoms with Crippen molar-refractivity contribution in [3.05, 3.63) is 308 Å². The van der Waals surface area contributed by atoms with Crippen molar-refractivity contribution < 1.29 is 0 Å². The molecule has 0 saturated carbocycles. The summed E-state index contributed by atoms with van der Waals surface area (Å²) in [5.74, 6) is 2.01. The van der Waals surface area contributed by atoms with E-state index in [9.17, 15) is 0 Å². The molecule has 0 radical (unpaired) electrons. The number of aromatic nitrogens is 2. The summed E-state index contributed by atoms with van der Waals surface area (Å²) in [5.41, 5.74) is 31.0. The highest BCUT2D eigenvalue weighted by Crippen LogP contribution is 2.55. The molecule has 0 amide bonds. The highest BCUT2D eigenvalue weighted by atomic mass is 15.2. The van der Waals surface area contributed by atoms with Crippen LogP contribution < -0.4 is 26.2 Å². The van der Waals surface area contributed by atoms with Crippen molar-refractivity contribution in [2.45, 2.75) is 119 Å². The average molecular weight is 1350 g/mol. The van der Waals surface area contributed by atoms with E-state index in [0.29, 0.717) is 17.8 Å². The number of fused-ring (bicyclic) bond motifs is 10. The lowest BCUT2D eigenvalue weighted by atomic mass is 9.33. The zero-order valence-corrected chi connectivity index (χ0v) is 62.1. The summed E-state index contributed by atoms with van der Waals surface area (Å²) < 4.78 is 5.05. The van der Waals surface area contributed by atoms with E-state index in [1.54, 1.807) is 0 Å². The van der Waals surface area contributed by atoms with Gasteiger partial charge in [-0.3, -0.25) is 0 Å². The van der Waals surface area contributed by atoms with E-state index in [2.05, 4.69) is 379 Å². The molecule has 2 aromatic heterocycles. The molecule has 0 bridgehead atoms. The van der Waals surface area contributed by atoms with Crippen LogP contribution in [0.1, 0.15) is 118 Å². The van der Waals surface area contributed by atoms with Gasteiger partial charge in [-0.1, -0.05) is 288 Å². The lowest BCUT2D eigenvalue weighted by molar-refractivity contribution is 0.317. The van der Waals surface area contributed by atoms with Crippen molar-refractivity contribution in [3.63, 3.8) is 0 Å². The molecular formula is C99H93BN4. The van der Waals surface area contributed by atoms with Crippen molar-refractivity contribution in [3.8, 4) is 55.9 Å². The third-order valence-electron chi connectivity index (χ3n) is 22.5.